The zero-order chi connectivity index (χ0) is 12.1. The Morgan fingerprint density at radius 2 is 1.65 bits per heavy atom. The van der Waals surface area contributed by atoms with Gasteiger partial charge < -0.3 is 4.74 Å². The minimum absolute atomic E-state index is 0.654. The second-order valence-corrected chi connectivity index (χ2v) is 4.94. The first kappa shape index (κ1) is 11.8. The van der Waals surface area contributed by atoms with Gasteiger partial charge in [0.15, 0.2) is 0 Å². The number of hydrogen-bond donors (Lipinski definition) is 0. The summed E-state index contributed by atoms with van der Waals surface area (Å²) >= 11 is 0. The number of methoxy groups -OCH3 is 1. The second kappa shape index (κ2) is 5.59. The van der Waals surface area contributed by atoms with Gasteiger partial charge in [0.25, 0.3) is 0 Å². The third-order valence-corrected chi connectivity index (χ3v) is 3.92. The Kier molecular flexibility index (Phi) is 3.88. The molecule has 2 nitrogen and oxygen atoms in total. The highest BCUT2D eigenvalue weighted by Crippen LogP contribution is 2.27. The molecule has 0 aliphatic carbocycles. The van der Waals surface area contributed by atoms with Gasteiger partial charge in [-0.25, -0.2) is 0 Å². The van der Waals surface area contributed by atoms with Crippen molar-refractivity contribution in [2.45, 2.75) is 9.79 Å². The fourth-order valence-electron chi connectivity index (χ4n) is 1.53. The first-order chi connectivity index (χ1) is 8.36. The van der Waals surface area contributed by atoms with E-state index < -0.39 is 10.7 Å². The summed E-state index contributed by atoms with van der Waals surface area (Å²) in [5.41, 5.74) is 0. The van der Waals surface area contributed by atoms with Gasteiger partial charge in [-0.2, -0.15) is 0 Å². The van der Waals surface area contributed by atoms with Crippen LogP contribution in [0.4, 0.5) is 4.48 Å². The Labute approximate surface area is 102 Å². The van der Waals surface area contributed by atoms with Gasteiger partial charge in [0, 0.05) is 15.6 Å². The van der Waals surface area contributed by atoms with Gasteiger partial charge in [-0.15, -0.1) is 0 Å². The molecule has 0 N–H and O–H groups in total. The van der Waals surface area contributed by atoms with Crippen LogP contribution in [0.15, 0.2) is 69.0 Å². The molecule has 1 atom stereocenters. The van der Waals surface area contributed by atoms with Crippen molar-refractivity contribution in [3.05, 3.63) is 54.6 Å². The van der Waals surface area contributed by atoms with Crippen molar-refractivity contribution in [1.82, 2.24) is 0 Å². The van der Waals surface area contributed by atoms with E-state index >= 15 is 0 Å². The van der Waals surface area contributed by atoms with E-state index in [0.29, 0.717) is 5.75 Å². The molecule has 0 aliphatic heterocycles. The normalized spacial score (nSPS) is 12.4. The molecule has 0 fully saturated rings. The third kappa shape index (κ3) is 2.53. The fraction of sp³-hybridized carbons (Fsp3) is 0.0769. The van der Waals surface area contributed by atoms with Gasteiger partial charge in [-0.3, -0.25) is 0 Å². The zero-order valence-corrected chi connectivity index (χ0v) is 10.2. The van der Waals surface area contributed by atoms with Gasteiger partial charge in [0.05, 0.1) is 12.0 Å². The quantitative estimate of drug-likeness (QED) is 0.810. The van der Waals surface area contributed by atoms with Crippen molar-refractivity contribution in [3.8, 4) is 5.75 Å². The van der Waals surface area contributed by atoms with E-state index in [9.17, 15) is 4.48 Å². The number of benzene rings is 2. The summed E-state index contributed by atoms with van der Waals surface area (Å²) < 4.78 is 21.1. The van der Waals surface area contributed by atoms with Crippen molar-refractivity contribution < 1.29 is 9.22 Å². The fourth-order valence-corrected chi connectivity index (χ4v) is 2.90. The second-order valence-electron chi connectivity index (χ2n) is 3.32. The lowest BCUT2D eigenvalue weighted by atomic mass is 10.3. The monoisotopic (exact) mass is 249 g/mol. The third-order valence-electron chi connectivity index (χ3n) is 2.31. The number of hydrogen-bond acceptors (Lipinski definition) is 2. The maximum atomic E-state index is 12.9. The smallest absolute Gasteiger partial charge is 0.133 e. The van der Waals surface area contributed by atoms with Gasteiger partial charge in [-0.1, -0.05) is 39.4 Å². The predicted molar refractivity (Wildman–Crippen MR) is 66.9 cm³/mol. The zero-order valence-electron chi connectivity index (χ0n) is 9.34. The summed E-state index contributed by atoms with van der Waals surface area (Å²) in [4.78, 5) is 1.59. The molecule has 0 spiro atoms. The van der Waals surface area contributed by atoms with Crippen LogP contribution in [0.25, 0.3) is 0 Å². The molecule has 0 saturated carbocycles. The molecule has 1 unspecified atom stereocenters. The summed E-state index contributed by atoms with van der Waals surface area (Å²) in [5, 5.41) is 0. The number of nitrogens with zero attached hydrogens (tertiary/aromatic N) is 1. The maximum absolute atomic E-state index is 12.9. The van der Waals surface area contributed by atoms with Gasteiger partial charge >= 0.3 is 0 Å². The van der Waals surface area contributed by atoms with E-state index in [-0.39, 0.29) is 0 Å². The van der Waals surface area contributed by atoms with Crippen LogP contribution in [-0.4, -0.2) is 7.11 Å². The van der Waals surface area contributed by atoms with E-state index in [0.717, 1.165) is 9.79 Å². The van der Waals surface area contributed by atoms with Crippen molar-refractivity contribution in [3.63, 3.8) is 0 Å². The van der Waals surface area contributed by atoms with Crippen LogP contribution in [0.3, 0.4) is 0 Å². The lowest BCUT2D eigenvalue weighted by Gasteiger charge is -2.10. The topological polar surface area (TPSA) is 21.6 Å². The molecule has 2 aromatic carbocycles. The first-order valence-corrected chi connectivity index (χ1v) is 6.29. The number of halogens is 1. The van der Waals surface area contributed by atoms with E-state index in [1.807, 2.05) is 54.6 Å². The molecule has 0 amide bonds. The average Bonchev–Trinajstić information content (AvgIpc) is 2.41. The first-order valence-electron chi connectivity index (χ1n) is 5.11. The average molecular weight is 249 g/mol. The standard InChI is InChI=1S/C13H12FNOS/c1-16-12-9-5-6-10-13(12)17(15-14)11-7-3-2-4-8-11/h2-10H,1H3. The summed E-state index contributed by atoms with van der Waals surface area (Å²) in [6.07, 6.45) is 0. The molecule has 0 saturated heterocycles. The molecule has 4 heteroatoms. The van der Waals surface area contributed by atoms with Crippen molar-refractivity contribution in [2.24, 2.45) is 4.58 Å². The van der Waals surface area contributed by atoms with E-state index in [1.54, 1.807) is 7.11 Å². The maximum Gasteiger partial charge on any atom is 0.133 e. The summed E-state index contributed by atoms with van der Waals surface area (Å²) in [6, 6.07) is 16.7. The van der Waals surface area contributed by atoms with Gasteiger partial charge in [-0.05, 0) is 24.3 Å². The van der Waals surface area contributed by atoms with Crippen molar-refractivity contribution in [1.29, 1.82) is 0 Å². The van der Waals surface area contributed by atoms with Crippen LogP contribution in [0.5, 0.6) is 5.75 Å². The highest BCUT2D eigenvalue weighted by molar-refractivity contribution is 7.87. The van der Waals surface area contributed by atoms with Crippen molar-refractivity contribution >= 4 is 10.7 Å². The molecule has 2 aromatic rings. The SMILES string of the molecule is COc1ccccc1/S(=N/F)c1ccccc1. The summed E-state index contributed by atoms with van der Waals surface area (Å²) in [7, 11) is 0.637. The predicted octanol–water partition coefficient (Wildman–Crippen LogP) is 3.80. The number of para-hydroxylation sites is 1. The van der Waals surface area contributed by atoms with Gasteiger partial charge in [0.2, 0.25) is 0 Å². The molecular weight excluding hydrogens is 237 g/mol. The molecule has 0 aliphatic rings. The Morgan fingerprint density at radius 1 is 1.00 bits per heavy atom. The van der Waals surface area contributed by atoms with Crippen LogP contribution in [-0.2, 0) is 10.7 Å². The molecule has 17 heavy (non-hydrogen) atoms. The van der Waals surface area contributed by atoms with Crippen LogP contribution >= 0.6 is 0 Å². The van der Waals surface area contributed by atoms with Crippen LogP contribution in [0, 0.1) is 0 Å². The van der Waals surface area contributed by atoms with E-state index in [1.165, 1.54) is 0 Å². The molecule has 2 rings (SSSR count). The van der Waals surface area contributed by atoms with E-state index in [4.69, 9.17) is 4.74 Å². The largest absolute Gasteiger partial charge is 0.496 e. The molecule has 88 valence electrons. The molecule has 0 heterocycles. The van der Waals surface area contributed by atoms with Crippen LogP contribution in [0.1, 0.15) is 0 Å². The van der Waals surface area contributed by atoms with Crippen LogP contribution in [0.2, 0.25) is 0 Å². The lowest BCUT2D eigenvalue weighted by Crippen LogP contribution is -1.95. The highest BCUT2D eigenvalue weighted by atomic mass is 32.2. The van der Waals surface area contributed by atoms with Gasteiger partial charge in [0.1, 0.15) is 5.75 Å². The minimum Gasteiger partial charge on any atom is -0.496 e. The van der Waals surface area contributed by atoms with Crippen molar-refractivity contribution in [2.75, 3.05) is 7.11 Å². The van der Waals surface area contributed by atoms with Crippen LogP contribution < -0.4 is 4.74 Å². The molecule has 0 aromatic heterocycles. The molecule has 0 bridgehead atoms. The molecule has 0 radical (unpaired) electrons. The minimum atomic E-state index is -0.936. The number of rotatable bonds is 3. The number of ether oxygens (including phenoxy) is 1. The Morgan fingerprint density at radius 3 is 2.29 bits per heavy atom. The Balaban J connectivity index is 2.51. The lowest BCUT2D eigenvalue weighted by molar-refractivity contribution is 0.404. The summed E-state index contributed by atoms with van der Waals surface area (Å²) in [5.74, 6) is 0.654. The summed E-state index contributed by atoms with van der Waals surface area (Å²) in [6.45, 7) is 0. The Bertz CT molecular complexity index is 528. The Hall–Kier alpha value is -1.68. The highest BCUT2D eigenvalue weighted by Gasteiger charge is 2.10. The molecular formula is C13H12FNOS. The van der Waals surface area contributed by atoms with E-state index in [2.05, 4.69) is 4.58 Å².